The topological polar surface area (TPSA) is 78.6 Å². The Morgan fingerprint density at radius 1 is 1.75 bits per heavy atom. The summed E-state index contributed by atoms with van der Waals surface area (Å²) in [6.07, 6.45) is 0. The van der Waals surface area contributed by atoms with Gasteiger partial charge in [0.15, 0.2) is 0 Å². The first-order valence-electron chi connectivity index (χ1n) is 1.98. The maximum atomic E-state index is 10.2. The summed E-state index contributed by atoms with van der Waals surface area (Å²) >= 11 is 0. The second-order valence-electron chi connectivity index (χ2n) is 1.62. The molecule has 0 aliphatic carbocycles. The fourth-order valence-electron chi connectivity index (χ4n) is 0.287. The summed E-state index contributed by atoms with van der Waals surface area (Å²) in [6, 6.07) is 0. The SMILES string of the molecule is CN(C)NP(N)(=O)O. The zero-order chi connectivity index (χ0) is 6.78. The van der Waals surface area contributed by atoms with Crippen molar-refractivity contribution in [2.24, 2.45) is 5.50 Å². The average molecular weight is 139 g/mol. The lowest BCUT2D eigenvalue weighted by molar-refractivity contribution is 0.332. The Morgan fingerprint density at radius 2 is 2.12 bits per heavy atom. The number of nitrogens with two attached hydrogens (primary N) is 1. The standard InChI is InChI=1S/C2H10N3O2P/c1-5(2)4-8(3,6)7/h1-2H3,(H4,3,4,6,7). The number of nitrogens with zero attached hydrogens (tertiary/aromatic N) is 1. The molecule has 1 unspecified atom stereocenters. The molecule has 50 valence electrons. The van der Waals surface area contributed by atoms with Crippen LogP contribution in [0.3, 0.4) is 0 Å². The number of hydrogen-bond acceptors (Lipinski definition) is 2. The zero-order valence-electron chi connectivity index (χ0n) is 4.83. The first-order valence-corrected chi connectivity index (χ1v) is 3.71. The van der Waals surface area contributed by atoms with Crippen molar-refractivity contribution in [3.63, 3.8) is 0 Å². The van der Waals surface area contributed by atoms with Crippen molar-refractivity contribution in [3.05, 3.63) is 0 Å². The van der Waals surface area contributed by atoms with E-state index in [1.807, 2.05) is 0 Å². The third-order valence-corrected chi connectivity index (χ3v) is 1.03. The van der Waals surface area contributed by atoms with Crippen LogP contribution in [0.2, 0.25) is 0 Å². The predicted octanol–water partition coefficient (Wildman–Crippen LogP) is -0.888. The second-order valence-corrected chi connectivity index (χ2v) is 3.06. The fourth-order valence-corrected chi connectivity index (χ4v) is 0.860. The molecule has 0 aliphatic heterocycles. The van der Waals surface area contributed by atoms with Gasteiger partial charge >= 0.3 is 7.67 Å². The Morgan fingerprint density at radius 3 is 2.12 bits per heavy atom. The summed E-state index contributed by atoms with van der Waals surface area (Å²) in [5.41, 5.74) is 4.69. The maximum absolute atomic E-state index is 10.2. The van der Waals surface area contributed by atoms with E-state index >= 15 is 0 Å². The summed E-state index contributed by atoms with van der Waals surface area (Å²) in [4.78, 5) is 8.37. The van der Waals surface area contributed by atoms with Crippen molar-refractivity contribution in [2.45, 2.75) is 0 Å². The van der Waals surface area contributed by atoms with Crippen LogP contribution in [-0.2, 0) is 4.57 Å². The van der Waals surface area contributed by atoms with E-state index in [2.05, 4.69) is 5.20 Å². The molecule has 0 aromatic rings. The minimum Gasteiger partial charge on any atom is -0.321 e. The van der Waals surface area contributed by atoms with Crippen LogP contribution in [0.15, 0.2) is 0 Å². The van der Waals surface area contributed by atoms with Crippen molar-refractivity contribution in [3.8, 4) is 0 Å². The highest BCUT2D eigenvalue weighted by molar-refractivity contribution is 7.53. The van der Waals surface area contributed by atoms with Crippen LogP contribution in [-0.4, -0.2) is 24.0 Å². The van der Waals surface area contributed by atoms with Crippen LogP contribution in [0.4, 0.5) is 0 Å². The van der Waals surface area contributed by atoms with Gasteiger partial charge in [0, 0.05) is 14.1 Å². The minimum atomic E-state index is -3.55. The van der Waals surface area contributed by atoms with E-state index in [1.54, 1.807) is 14.1 Å². The van der Waals surface area contributed by atoms with Crippen LogP contribution in [0, 0.1) is 0 Å². The molecule has 5 nitrogen and oxygen atoms in total. The van der Waals surface area contributed by atoms with Gasteiger partial charge in [-0.1, -0.05) is 0 Å². The van der Waals surface area contributed by atoms with Gasteiger partial charge in [0.25, 0.3) is 0 Å². The Labute approximate surface area is 48.0 Å². The molecule has 1 atom stereocenters. The molecule has 0 aliphatic rings. The van der Waals surface area contributed by atoms with Crippen LogP contribution >= 0.6 is 7.67 Å². The molecule has 0 fully saturated rings. The predicted molar refractivity (Wildman–Crippen MR) is 30.8 cm³/mol. The van der Waals surface area contributed by atoms with Crippen LogP contribution in [0.5, 0.6) is 0 Å². The molecule has 8 heavy (non-hydrogen) atoms. The van der Waals surface area contributed by atoms with Crippen molar-refractivity contribution >= 4 is 7.67 Å². The van der Waals surface area contributed by atoms with E-state index in [0.29, 0.717) is 0 Å². The van der Waals surface area contributed by atoms with Crippen LogP contribution in [0.25, 0.3) is 0 Å². The molecule has 0 rings (SSSR count). The number of rotatable bonds is 2. The third kappa shape index (κ3) is 6.07. The summed E-state index contributed by atoms with van der Waals surface area (Å²) < 4.78 is 10.2. The molecular formula is C2H10N3O2P. The second kappa shape index (κ2) is 2.57. The molecule has 0 aromatic carbocycles. The average Bonchev–Trinajstić information content (AvgIpc) is 1.21. The lowest BCUT2D eigenvalue weighted by Crippen LogP contribution is -2.29. The summed E-state index contributed by atoms with van der Waals surface area (Å²) in [5.74, 6) is 0. The Bertz CT molecular complexity index is 108. The number of hydrazine groups is 1. The lowest BCUT2D eigenvalue weighted by atomic mass is 11.2. The van der Waals surface area contributed by atoms with Crippen molar-refractivity contribution in [1.29, 1.82) is 0 Å². The van der Waals surface area contributed by atoms with Crippen LogP contribution < -0.4 is 10.7 Å². The van der Waals surface area contributed by atoms with Crippen molar-refractivity contribution in [1.82, 2.24) is 10.2 Å². The Kier molecular flexibility index (Phi) is 2.59. The monoisotopic (exact) mass is 139 g/mol. The number of hydrogen-bond donors (Lipinski definition) is 3. The van der Waals surface area contributed by atoms with Crippen molar-refractivity contribution in [2.75, 3.05) is 14.1 Å². The Hall–Kier alpha value is 0.0700. The fraction of sp³-hybridized carbons (Fsp3) is 1.00. The van der Waals surface area contributed by atoms with Gasteiger partial charge in [-0.15, -0.1) is 0 Å². The van der Waals surface area contributed by atoms with Gasteiger partial charge in [0.1, 0.15) is 0 Å². The van der Waals surface area contributed by atoms with Gasteiger partial charge in [0.05, 0.1) is 0 Å². The highest BCUT2D eigenvalue weighted by Crippen LogP contribution is 2.22. The van der Waals surface area contributed by atoms with E-state index < -0.39 is 7.67 Å². The first-order chi connectivity index (χ1) is 3.42. The van der Waals surface area contributed by atoms with Gasteiger partial charge in [-0.05, 0) is 0 Å². The lowest BCUT2D eigenvalue weighted by Gasteiger charge is -2.12. The molecule has 0 saturated carbocycles. The van der Waals surface area contributed by atoms with E-state index in [9.17, 15) is 4.57 Å². The normalized spacial score (nSPS) is 18.6. The summed E-state index contributed by atoms with van der Waals surface area (Å²) in [6.45, 7) is 0. The van der Waals surface area contributed by atoms with E-state index in [1.165, 1.54) is 5.01 Å². The number of nitrogens with one attached hydrogen (secondary N) is 1. The molecule has 0 heterocycles. The summed E-state index contributed by atoms with van der Waals surface area (Å²) in [5, 5.41) is 3.42. The first kappa shape index (κ1) is 8.07. The van der Waals surface area contributed by atoms with Gasteiger partial charge in [0.2, 0.25) is 0 Å². The minimum absolute atomic E-state index is 1.32. The smallest absolute Gasteiger partial charge is 0.321 e. The molecule has 0 saturated heterocycles. The molecule has 6 heteroatoms. The quantitative estimate of drug-likeness (QED) is 0.341. The van der Waals surface area contributed by atoms with Gasteiger partial charge < -0.3 is 4.89 Å². The van der Waals surface area contributed by atoms with Crippen LogP contribution in [0.1, 0.15) is 0 Å². The van der Waals surface area contributed by atoms with Crippen molar-refractivity contribution < 1.29 is 9.46 Å². The Balaban J connectivity index is 3.56. The zero-order valence-corrected chi connectivity index (χ0v) is 5.72. The highest BCUT2D eigenvalue weighted by atomic mass is 31.2. The molecule has 0 amide bonds. The molecular weight excluding hydrogens is 129 g/mol. The van der Waals surface area contributed by atoms with Gasteiger partial charge in [-0.3, -0.25) is 4.57 Å². The van der Waals surface area contributed by atoms with Gasteiger partial charge in [-0.2, -0.15) is 5.20 Å². The van der Waals surface area contributed by atoms with Gasteiger partial charge in [-0.25, -0.2) is 10.5 Å². The third-order valence-electron chi connectivity index (χ3n) is 0.343. The molecule has 0 radical (unpaired) electrons. The summed E-state index contributed by atoms with van der Waals surface area (Å²) in [7, 11) is -0.388. The van der Waals surface area contributed by atoms with E-state index in [0.717, 1.165) is 0 Å². The molecule has 0 aromatic heterocycles. The maximum Gasteiger partial charge on any atom is 0.348 e. The largest absolute Gasteiger partial charge is 0.348 e. The van der Waals surface area contributed by atoms with E-state index in [-0.39, 0.29) is 0 Å². The molecule has 0 bridgehead atoms. The van der Waals surface area contributed by atoms with E-state index in [4.69, 9.17) is 10.4 Å². The molecule has 0 spiro atoms. The highest BCUT2D eigenvalue weighted by Gasteiger charge is 2.08. The molecule has 4 N–H and O–H groups in total.